The van der Waals surface area contributed by atoms with E-state index in [-0.39, 0.29) is 10.6 Å². The summed E-state index contributed by atoms with van der Waals surface area (Å²) < 4.78 is 53.2. The maximum Gasteiger partial charge on any atom is 0.263 e. The zero-order valence-electron chi connectivity index (χ0n) is 14.4. The molecule has 0 amide bonds. The molecule has 26 heavy (non-hydrogen) atoms. The number of pyridine rings is 1. The molecule has 0 radical (unpaired) electrons. The first-order chi connectivity index (χ1) is 12.2. The highest BCUT2D eigenvalue weighted by Gasteiger charge is 2.62. The molecule has 1 saturated carbocycles. The number of sulfonamides is 1. The first-order valence-corrected chi connectivity index (χ1v) is 9.86. The SMILES string of the molecule is CC1(C)C2CN(c3ccc(S(=O)(=O)Nc4ccc(F)c(F)c4)cn3)CC21. The van der Waals surface area contributed by atoms with Crippen LogP contribution in [0.15, 0.2) is 41.4 Å². The molecule has 2 aliphatic rings. The highest BCUT2D eigenvalue weighted by molar-refractivity contribution is 7.92. The van der Waals surface area contributed by atoms with Crippen LogP contribution in [0.4, 0.5) is 20.3 Å². The Morgan fingerprint density at radius 2 is 1.81 bits per heavy atom. The van der Waals surface area contributed by atoms with Crippen LogP contribution in [-0.2, 0) is 10.0 Å². The second-order valence-corrected chi connectivity index (χ2v) is 9.21. The van der Waals surface area contributed by atoms with Gasteiger partial charge in [0.1, 0.15) is 10.7 Å². The number of rotatable bonds is 4. The second-order valence-electron chi connectivity index (χ2n) is 7.53. The molecule has 1 saturated heterocycles. The van der Waals surface area contributed by atoms with E-state index < -0.39 is 21.7 Å². The molecule has 2 aromatic rings. The Morgan fingerprint density at radius 3 is 2.38 bits per heavy atom. The Hall–Kier alpha value is -2.22. The monoisotopic (exact) mass is 379 g/mol. The average Bonchev–Trinajstić information content (AvgIpc) is 2.95. The molecule has 138 valence electrons. The van der Waals surface area contributed by atoms with E-state index in [1.165, 1.54) is 12.3 Å². The molecular weight excluding hydrogens is 360 g/mol. The van der Waals surface area contributed by atoms with Crippen LogP contribution in [0.5, 0.6) is 0 Å². The lowest BCUT2D eigenvalue weighted by Gasteiger charge is -2.23. The smallest absolute Gasteiger partial charge is 0.263 e. The summed E-state index contributed by atoms with van der Waals surface area (Å²) in [5.41, 5.74) is 0.351. The number of piperidine rings is 1. The molecule has 1 aromatic heterocycles. The minimum Gasteiger partial charge on any atom is -0.356 e. The lowest BCUT2D eigenvalue weighted by atomic mass is 10.1. The maximum atomic E-state index is 13.2. The summed E-state index contributed by atoms with van der Waals surface area (Å²) >= 11 is 0. The van der Waals surface area contributed by atoms with Crippen molar-refractivity contribution in [3.8, 4) is 0 Å². The zero-order chi connectivity index (χ0) is 18.7. The summed E-state index contributed by atoms with van der Waals surface area (Å²) in [7, 11) is -3.92. The second kappa shape index (κ2) is 5.64. The van der Waals surface area contributed by atoms with Crippen LogP contribution in [0.25, 0.3) is 0 Å². The number of benzene rings is 1. The van der Waals surface area contributed by atoms with Crippen LogP contribution >= 0.6 is 0 Å². The normalized spacial score (nSPS) is 23.6. The minimum absolute atomic E-state index is 0.0318. The number of anilines is 2. The molecule has 8 heteroatoms. The summed E-state index contributed by atoms with van der Waals surface area (Å²) in [5.74, 6) is -0.0646. The van der Waals surface area contributed by atoms with Crippen molar-refractivity contribution in [2.24, 2.45) is 17.3 Å². The average molecular weight is 379 g/mol. The molecular formula is C18H19F2N3O2S. The van der Waals surface area contributed by atoms with Crippen molar-refractivity contribution in [2.45, 2.75) is 18.7 Å². The maximum absolute atomic E-state index is 13.2. The fourth-order valence-corrected chi connectivity index (χ4v) is 4.80. The summed E-state index contributed by atoms with van der Waals surface area (Å²) in [5, 5.41) is 0. The molecule has 0 bridgehead atoms. The minimum atomic E-state index is -3.92. The van der Waals surface area contributed by atoms with E-state index in [1.54, 1.807) is 6.07 Å². The van der Waals surface area contributed by atoms with E-state index in [9.17, 15) is 17.2 Å². The Labute approximate surface area is 151 Å². The van der Waals surface area contributed by atoms with Gasteiger partial charge in [0.05, 0.1) is 5.69 Å². The standard InChI is InChI=1S/C18H19F2N3O2S/c1-18(2)13-9-23(10-14(13)18)17-6-4-12(8-21-17)26(24,25)22-11-3-5-15(19)16(20)7-11/h3-8,13-14,22H,9-10H2,1-2H3. The first-order valence-electron chi connectivity index (χ1n) is 8.37. The lowest BCUT2D eigenvalue weighted by Crippen LogP contribution is -2.27. The Morgan fingerprint density at radius 1 is 1.12 bits per heavy atom. The number of hydrogen-bond acceptors (Lipinski definition) is 4. The predicted molar refractivity (Wildman–Crippen MR) is 94.4 cm³/mol. The van der Waals surface area contributed by atoms with Gasteiger partial charge in [0.25, 0.3) is 10.0 Å². The van der Waals surface area contributed by atoms with E-state index in [0.29, 0.717) is 17.3 Å². The van der Waals surface area contributed by atoms with Crippen LogP contribution < -0.4 is 9.62 Å². The summed E-state index contributed by atoms with van der Waals surface area (Å²) in [4.78, 5) is 6.41. The van der Waals surface area contributed by atoms with Crippen molar-refractivity contribution in [2.75, 3.05) is 22.7 Å². The van der Waals surface area contributed by atoms with Gasteiger partial charge < -0.3 is 4.90 Å². The molecule has 1 aromatic carbocycles. The van der Waals surface area contributed by atoms with Gasteiger partial charge in [0.2, 0.25) is 0 Å². The first kappa shape index (κ1) is 17.2. The number of hydrogen-bond donors (Lipinski definition) is 1. The van der Waals surface area contributed by atoms with Gasteiger partial charge in [-0.15, -0.1) is 0 Å². The van der Waals surface area contributed by atoms with Crippen LogP contribution in [0.3, 0.4) is 0 Å². The van der Waals surface area contributed by atoms with E-state index in [1.807, 2.05) is 0 Å². The molecule has 4 rings (SSSR count). The van der Waals surface area contributed by atoms with E-state index in [0.717, 1.165) is 37.1 Å². The number of halogens is 2. The third-order valence-corrected chi connectivity index (χ3v) is 7.02. The van der Waals surface area contributed by atoms with Crippen LogP contribution in [0.1, 0.15) is 13.8 Å². The molecule has 1 aliphatic heterocycles. The summed E-state index contributed by atoms with van der Waals surface area (Å²) in [6, 6.07) is 5.98. The molecule has 1 aliphatic carbocycles. The van der Waals surface area contributed by atoms with Crippen molar-refractivity contribution in [1.29, 1.82) is 0 Å². The van der Waals surface area contributed by atoms with Gasteiger partial charge in [-0.25, -0.2) is 22.2 Å². The third kappa shape index (κ3) is 2.82. The largest absolute Gasteiger partial charge is 0.356 e. The Kier molecular flexibility index (Phi) is 3.73. The number of aromatic nitrogens is 1. The van der Waals surface area contributed by atoms with Gasteiger partial charge in [-0.2, -0.15) is 0 Å². The Bertz CT molecular complexity index is 947. The van der Waals surface area contributed by atoms with Crippen molar-refractivity contribution in [3.63, 3.8) is 0 Å². The van der Waals surface area contributed by atoms with Gasteiger partial charge in [-0.1, -0.05) is 13.8 Å². The highest BCUT2D eigenvalue weighted by atomic mass is 32.2. The quantitative estimate of drug-likeness (QED) is 0.886. The van der Waals surface area contributed by atoms with Gasteiger partial charge >= 0.3 is 0 Å². The molecule has 5 nitrogen and oxygen atoms in total. The fraction of sp³-hybridized carbons (Fsp3) is 0.389. The van der Waals surface area contributed by atoms with Gasteiger partial charge in [0.15, 0.2) is 11.6 Å². The van der Waals surface area contributed by atoms with Gasteiger partial charge in [-0.05, 0) is 41.5 Å². The van der Waals surface area contributed by atoms with Crippen molar-refractivity contribution in [3.05, 3.63) is 48.2 Å². The molecule has 2 unspecified atom stereocenters. The summed E-state index contributed by atoms with van der Waals surface area (Å²) in [6.45, 7) is 6.41. The van der Waals surface area contributed by atoms with Crippen LogP contribution in [0.2, 0.25) is 0 Å². The van der Waals surface area contributed by atoms with Crippen molar-refractivity contribution < 1.29 is 17.2 Å². The molecule has 1 N–H and O–H groups in total. The van der Waals surface area contributed by atoms with Crippen molar-refractivity contribution >= 4 is 21.5 Å². The van der Waals surface area contributed by atoms with Crippen LogP contribution in [-0.4, -0.2) is 26.5 Å². The predicted octanol–water partition coefficient (Wildman–Crippen LogP) is 3.25. The van der Waals surface area contributed by atoms with Crippen LogP contribution in [0, 0.1) is 28.9 Å². The van der Waals surface area contributed by atoms with E-state index in [4.69, 9.17) is 0 Å². The van der Waals surface area contributed by atoms with Gasteiger partial charge in [0, 0.05) is 25.4 Å². The molecule has 0 spiro atoms. The highest BCUT2D eigenvalue weighted by Crippen LogP contribution is 2.62. The van der Waals surface area contributed by atoms with E-state index in [2.05, 4.69) is 28.5 Å². The zero-order valence-corrected chi connectivity index (χ0v) is 15.2. The topological polar surface area (TPSA) is 62.3 Å². The molecule has 2 atom stereocenters. The van der Waals surface area contributed by atoms with Gasteiger partial charge in [-0.3, -0.25) is 4.72 Å². The molecule has 2 fully saturated rings. The lowest BCUT2D eigenvalue weighted by molar-refractivity contribution is 0.498. The number of nitrogens with one attached hydrogen (secondary N) is 1. The fourth-order valence-electron chi connectivity index (χ4n) is 3.81. The third-order valence-electron chi connectivity index (χ3n) is 5.65. The number of nitrogens with zero attached hydrogens (tertiary/aromatic N) is 2. The number of fused-ring (bicyclic) bond motifs is 1. The Balaban J connectivity index is 1.48. The van der Waals surface area contributed by atoms with Crippen molar-refractivity contribution in [1.82, 2.24) is 4.98 Å². The summed E-state index contributed by atoms with van der Waals surface area (Å²) in [6.07, 6.45) is 1.28. The molecule has 2 heterocycles. The van der Waals surface area contributed by atoms with E-state index >= 15 is 0 Å².